The Morgan fingerprint density at radius 2 is 1.56 bits per heavy atom. The first-order chi connectivity index (χ1) is 15.2. The minimum atomic E-state index is -2.13. The fourth-order valence-electron chi connectivity index (χ4n) is 3.06. The molecule has 0 saturated heterocycles. The normalized spacial score (nSPS) is 13.4. The van der Waals surface area contributed by atoms with Gasteiger partial charge in [0.1, 0.15) is 0 Å². The number of rotatable bonds is 12. The zero-order valence-corrected chi connectivity index (χ0v) is 17.9. The predicted molar refractivity (Wildman–Crippen MR) is 120 cm³/mol. The Morgan fingerprint density at radius 3 is 2.06 bits per heavy atom. The van der Waals surface area contributed by atoms with Crippen molar-refractivity contribution in [3.63, 3.8) is 0 Å². The maximum Gasteiger partial charge on any atom is 0.350 e. The van der Waals surface area contributed by atoms with Crippen LogP contribution in [0.4, 0.5) is 5.69 Å². The highest BCUT2D eigenvalue weighted by atomic mass is 32.1. The lowest BCUT2D eigenvalue weighted by Crippen LogP contribution is -2.61. The van der Waals surface area contributed by atoms with Crippen molar-refractivity contribution in [2.45, 2.75) is 24.9 Å². The number of carbonyl (C=O) groups excluding carboxylic acids is 1. The molecule has 0 aliphatic rings. The van der Waals surface area contributed by atoms with E-state index in [0.717, 1.165) is 5.56 Å². The molecule has 0 spiro atoms. The van der Waals surface area contributed by atoms with E-state index in [1.54, 1.807) is 0 Å². The second-order valence-corrected chi connectivity index (χ2v) is 7.54. The highest BCUT2D eigenvalue weighted by molar-refractivity contribution is 7.80. The summed E-state index contributed by atoms with van der Waals surface area (Å²) >= 11 is 4.22. The van der Waals surface area contributed by atoms with Gasteiger partial charge in [0.15, 0.2) is 0 Å². The fraction of sp³-hybridized carbons (Fsp3) is 0.273. The molecule has 5 N–H and O–H groups in total. The molecule has 170 valence electrons. The first kappa shape index (κ1) is 24.7. The van der Waals surface area contributed by atoms with E-state index in [0.29, 0.717) is 6.42 Å². The molecule has 2 aromatic rings. The molecule has 2 atom stereocenters. The third-order valence-electron chi connectivity index (χ3n) is 4.82. The van der Waals surface area contributed by atoms with Gasteiger partial charge in [-0.2, -0.15) is 12.6 Å². The lowest BCUT2D eigenvalue weighted by molar-refractivity contribution is -0.148. The SMILES string of the molecule is O=C(O)CC[C@@](NC(=O)C(CS)Cc1ccccc1)(Nc1ccc(C(=O)O)cc1)C(=O)O. The number of carboxylic acid groups (broad SMARTS) is 3. The number of carboxylic acids is 3. The number of aromatic carboxylic acids is 1. The average Bonchev–Trinajstić information content (AvgIpc) is 2.76. The van der Waals surface area contributed by atoms with Crippen LogP contribution in [0, 0.1) is 5.92 Å². The number of anilines is 1. The molecule has 0 fully saturated rings. The number of aliphatic carboxylic acids is 2. The van der Waals surface area contributed by atoms with E-state index in [2.05, 4.69) is 23.3 Å². The molecule has 0 aliphatic heterocycles. The van der Waals surface area contributed by atoms with Gasteiger partial charge in [-0.1, -0.05) is 30.3 Å². The van der Waals surface area contributed by atoms with Gasteiger partial charge in [0.2, 0.25) is 11.6 Å². The van der Waals surface area contributed by atoms with E-state index < -0.39 is 48.2 Å². The van der Waals surface area contributed by atoms with Gasteiger partial charge in [-0.3, -0.25) is 9.59 Å². The van der Waals surface area contributed by atoms with Crippen molar-refractivity contribution >= 4 is 42.1 Å². The minimum absolute atomic E-state index is 0.0101. The second-order valence-electron chi connectivity index (χ2n) is 7.17. The monoisotopic (exact) mass is 460 g/mol. The number of benzene rings is 2. The van der Waals surface area contributed by atoms with Gasteiger partial charge < -0.3 is 26.0 Å². The van der Waals surface area contributed by atoms with Crippen molar-refractivity contribution in [3.8, 4) is 0 Å². The zero-order chi connectivity index (χ0) is 23.7. The van der Waals surface area contributed by atoms with Crippen molar-refractivity contribution in [3.05, 3.63) is 65.7 Å². The Balaban J connectivity index is 2.31. The third-order valence-corrected chi connectivity index (χ3v) is 5.26. The summed E-state index contributed by atoms with van der Waals surface area (Å²) in [5.41, 5.74) is -1.07. The van der Waals surface area contributed by atoms with Gasteiger partial charge in [0.05, 0.1) is 11.5 Å². The molecule has 9 nitrogen and oxygen atoms in total. The van der Waals surface area contributed by atoms with Crippen molar-refractivity contribution in [2.24, 2.45) is 5.92 Å². The van der Waals surface area contributed by atoms with Crippen molar-refractivity contribution in [1.82, 2.24) is 5.32 Å². The largest absolute Gasteiger partial charge is 0.481 e. The molecular formula is C22H24N2O7S. The van der Waals surface area contributed by atoms with Crippen molar-refractivity contribution in [2.75, 3.05) is 11.1 Å². The van der Waals surface area contributed by atoms with Crippen LogP contribution in [0.2, 0.25) is 0 Å². The molecule has 0 aromatic heterocycles. The first-order valence-corrected chi connectivity index (χ1v) is 10.3. The molecule has 0 heterocycles. The maximum atomic E-state index is 13.0. The predicted octanol–water partition coefficient (Wildman–Crippen LogP) is 2.35. The summed E-state index contributed by atoms with van der Waals surface area (Å²) in [7, 11) is 0. The van der Waals surface area contributed by atoms with Gasteiger partial charge >= 0.3 is 17.9 Å². The number of carbonyl (C=O) groups is 4. The molecule has 2 aromatic carbocycles. The van der Waals surface area contributed by atoms with Crippen LogP contribution in [0.15, 0.2) is 54.6 Å². The van der Waals surface area contributed by atoms with Gasteiger partial charge in [0, 0.05) is 24.3 Å². The average molecular weight is 461 g/mol. The zero-order valence-electron chi connectivity index (χ0n) is 17.0. The lowest BCUT2D eigenvalue weighted by Gasteiger charge is -2.33. The number of hydrogen-bond donors (Lipinski definition) is 6. The van der Waals surface area contributed by atoms with E-state index in [4.69, 9.17) is 10.2 Å². The van der Waals surface area contributed by atoms with E-state index in [1.165, 1.54) is 24.3 Å². The lowest BCUT2D eigenvalue weighted by atomic mass is 9.97. The molecule has 32 heavy (non-hydrogen) atoms. The molecule has 0 radical (unpaired) electrons. The maximum absolute atomic E-state index is 13.0. The van der Waals surface area contributed by atoms with Gasteiger partial charge in [-0.15, -0.1) is 0 Å². The van der Waals surface area contributed by atoms with Crippen LogP contribution >= 0.6 is 12.6 Å². The molecule has 2 rings (SSSR count). The second kappa shape index (κ2) is 11.2. The molecule has 0 saturated carbocycles. The smallest absolute Gasteiger partial charge is 0.350 e. The number of amides is 1. The van der Waals surface area contributed by atoms with Crippen LogP contribution in [-0.4, -0.2) is 50.6 Å². The van der Waals surface area contributed by atoms with Gasteiger partial charge in [0.25, 0.3) is 0 Å². The summed E-state index contributed by atoms with van der Waals surface area (Å²) in [6, 6.07) is 14.4. The van der Waals surface area contributed by atoms with Crippen molar-refractivity contribution < 1.29 is 34.5 Å². The molecule has 0 bridgehead atoms. The molecule has 1 unspecified atom stereocenters. The fourth-order valence-corrected chi connectivity index (χ4v) is 3.35. The highest BCUT2D eigenvalue weighted by Crippen LogP contribution is 2.22. The Morgan fingerprint density at radius 1 is 0.938 bits per heavy atom. The molecule has 0 aliphatic carbocycles. The summed E-state index contributed by atoms with van der Waals surface area (Å²) in [6.45, 7) is 0. The van der Waals surface area contributed by atoms with Crippen LogP contribution in [0.3, 0.4) is 0 Å². The van der Waals surface area contributed by atoms with Crippen LogP contribution in [0.5, 0.6) is 0 Å². The third kappa shape index (κ3) is 6.74. The Labute approximate surface area is 189 Å². The van der Waals surface area contributed by atoms with Crippen molar-refractivity contribution in [1.29, 1.82) is 0 Å². The Bertz CT molecular complexity index is 966. The topological polar surface area (TPSA) is 153 Å². The minimum Gasteiger partial charge on any atom is -0.481 e. The highest BCUT2D eigenvalue weighted by Gasteiger charge is 2.41. The summed E-state index contributed by atoms with van der Waals surface area (Å²) in [5, 5.41) is 33.2. The first-order valence-electron chi connectivity index (χ1n) is 9.70. The van der Waals surface area contributed by atoms with Crippen LogP contribution in [-0.2, 0) is 20.8 Å². The van der Waals surface area contributed by atoms with Crippen LogP contribution < -0.4 is 10.6 Å². The quantitative estimate of drug-likeness (QED) is 0.208. The van der Waals surface area contributed by atoms with E-state index >= 15 is 0 Å². The van der Waals surface area contributed by atoms with E-state index in [1.807, 2.05) is 30.3 Å². The van der Waals surface area contributed by atoms with Crippen LogP contribution in [0.25, 0.3) is 0 Å². The number of thiol groups is 1. The van der Waals surface area contributed by atoms with E-state index in [-0.39, 0.29) is 17.0 Å². The van der Waals surface area contributed by atoms with Crippen LogP contribution in [0.1, 0.15) is 28.8 Å². The summed E-state index contributed by atoms with van der Waals surface area (Å²) in [5.74, 6) is -5.00. The Hall–Kier alpha value is -3.53. The number of hydrogen-bond acceptors (Lipinski definition) is 6. The Kier molecular flexibility index (Phi) is 8.65. The van der Waals surface area contributed by atoms with E-state index in [9.17, 15) is 24.3 Å². The molecular weight excluding hydrogens is 436 g/mol. The summed E-state index contributed by atoms with van der Waals surface area (Å²) < 4.78 is 0. The molecule has 1 amide bonds. The van der Waals surface area contributed by atoms with Gasteiger partial charge in [-0.25, -0.2) is 9.59 Å². The standard InChI is InChI=1S/C22H24N2O7S/c25-18(26)10-11-22(21(30)31,23-17-8-6-15(7-9-17)20(28)29)24-19(27)16(13-32)12-14-4-2-1-3-5-14/h1-9,16,23,32H,10-13H2,(H,24,27)(H,25,26)(H,28,29)(H,30,31)/t16?,22-/m0/s1. The number of nitrogens with one attached hydrogen (secondary N) is 2. The summed E-state index contributed by atoms with van der Waals surface area (Å²) in [4.78, 5) is 47.4. The summed E-state index contributed by atoms with van der Waals surface area (Å²) in [6.07, 6.45) is -0.663. The molecule has 10 heteroatoms. The van der Waals surface area contributed by atoms with Gasteiger partial charge in [-0.05, 0) is 36.2 Å².